The van der Waals surface area contributed by atoms with Crippen molar-refractivity contribution in [3.8, 4) is 17.2 Å². The first-order valence-corrected chi connectivity index (χ1v) is 27.1. The van der Waals surface area contributed by atoms with Crippen LogP contribution in [0.1, 0.15) is 93.9 Å². The quantitative estimate of drug-likeness (QED) is 0.0309. The number of aromatic hydroxyl groups is 1. The summed E-state index contributed by atoms with van der Waals surface area (Å²) in [5.41, 5.74) is 6.78. The number of amides is 3. The monoisotopic (exact) mass is 1020 g/mol. The molecule has 400 valence electrons. The Hall–Kier alpha value is -5.77. The number of allylic oxidation sites excluding steroid dienone is 1. The smallest absolute Gasteiger partial charge is 0.248 e. The van der Waals surface area contributed by atoms with Crippen LogP contribution in [0.5, 0.6) is 17.2 Å². The molecule has 4 aromatic carbocycles. The number of phenols is 1. The number of hydrogen-bond donors (Lipinski definition) is 4. The van der Waals surface area contributed by atoms with Crippen molar-refractivity contribution in [1.82, 2.24) is 25.8 Å². The average molecular weight is 1020 g/mol. The predicted octanol–water partition coefficient (Wildman–Crippen LogP) is 7.91. The third kappa shape index (κ3) is 16.6. The van der Waals surface area contributed by atoms with Crippen LogP contribution >= 0.6 is 0 Å². The Labute approximate surface area is 439 Å². The van der Waals surface area contributed by atoms with Gasteiger partial charge < -0.3 is 49.6 Å². The van der Waals surface area contributed by atoms with Gasteiger partial charge in [-0.25, -0.2) is 0 Å². The molecule has 5 atom stereocenters. The van der Waals surface area contributed by atoms with Crippen LogP contribution in [-0.4, -0.2) is 143 Å². The number of benzene rings is 4. The number of piperidine rings is 2. The lowest BCUT2D eigenvalue weighted by Gasteiger charge is -2.50. The summed E-state index contributed by atoms with van der Waals surface area (Å²) in [5, 5.41) is 19.5. The van der Waals surface area contributed by atoms with Crippen molar-refractivity contribution in [3.05, 3.63) is 125 Å². The molecule has 2 aliphatic carbocycles. The minimum atomic E-state index is -0.486. The van der Waals surface area contributed by atoms with E-state index in [1.165, 1.54) is 24.0 Å². The molecule has 2 bridgehead atoms. The zero-order valence-electron chi connectivity index (χ0n) is 44.2. The van der Waals surface area contributed by atoms with Crippen LogP contribution < -0.4 is 25.4 Å². The molecule has 0 radical (unpaired) electrons. The maximum absolute atomic E-state index is 13.9. The molecule has 4 aliphatic rings. The molecule has 2 heterocycles. The Balaban J connectivity index is 0.720. The first-order chi connectivity index (χ1) is 36.1. The fraction of sp³-hybridized carbons (Fsp3) is 0.517. The first-order valence-electron chi connectivity index (χ1n) is 27.1. The first kappa shape index (κ1) is 56.0. The van der Waals surface area contributed by atoms with E-state index in [0.29, 0.717) is 70.5 Å². The SMILES string of the molecule is CCC(=C(c1ccc(O)cc1)c1ccc(OCCN(C)C(=O)COCCOCCOCCOc2ccc(CCN3CC4CCC3C(NC(=O)C(NC(=O)C(C)NC)C3CCCCC3)C4)cc2)cc1)c1ccccc1. The molecule has 4 fully saturated rings. The van der Waals surface area contributed by atoms with Crippen LogP contribution in [0, 0.1) is 11.8 Å². The molecule has 2 aliphatic heterocycles. The number of phenolic OH excluding ortho intramolecular Hbond substituents is 1. The Bertz CT molecular complexity index is 2360. The van der Waals surface area contributed by atoms with Gasteiger partial charge in [0.15, 0.2) is 0 Å². The topological polar surface area (TPSA) is 160 Å². The van der Waals surface area contributed by atoms with Gasteiger partial charge in [-0.1, -0.05) is 92.9 Å². The van der Waals surface area contributed by atoms with Crippen LogP contribution in [0.25, 0.3) is 11.1 Å². The number of likely N-dealkylation sites (N-methyl/N-ethyl adjacent to an activating group) is 2. The lowest BCUT2D eigenvalue weighted by Crippen LogP contribution is -2.64. The van der Waals surface area contributed by atoms with E-state index in [2.05, 4.69) is 64.2 Å². The summed E-state index contributed by atoms with van der Waals surface area (Å²) in [6.45, 7) is 9.03. The molecule has 4 aromatic rings. The standard InChI is InChI=1S/C60H81N5O9/c1-5-53(46-12-8-6-9-13-46)57(47-19-23-50(66)24-20-47)48-21-27-52(28-22-48)73-33-32-64(4)56(67)42-72-37-36-70-34-35-71-38-39-74-51-25-16-44(17-26-51)30-31-65-41-45-18-29-55(65)54(40-45)62-60(69)58(49-14-10-7-11-15-49)63-59(68)43(2)61-3/h6,8-9,12-13,16-17,19-28,43,45,49,54-55,58,61,66H,5,7,10-11,14-15,18,29-42H2,1-4H3,(H,62,69)(H,63,68). The zero-order valence-corrected chi connectivity index (χ0v) is 44.2. The second kappa shape index (κ2) is 29.4. The fourth-order valence-electron chi connectivity index (χ4n) is 10.7. The molecule has 8 rings (SSSR count). The van der Waals surface area contributed by atoms with E-state index in [4.69, 9.17) is 23.7 Å². The van der Waals surface area contributed by atoms with Crippen molar-refractivity contribution in [3.63, 3.8) is 0 Å². The maximum atomic E-state index is 13.9. The van der Waals surface area contributed by atoms with Gasteiger partial charge >= 0.3 is 0 Å². The molecule has 2 saturated heterocycles. The normalized spacial score (nSPS) is 19.0. The molecule has 0 spiro atoms. The predicted molar refractivity (Wildman–Crippen MR) is 290 cm³/mol. The minimum absolute atomic E-state index is 0.0163. The van der Waals surface area contributed by atoms with Crippen molar-refractivity contribution in [1.29, 1.82) is 0 Å². The number of hydrogen-bond acceptors (Lipinski definition) is 11. The Kier molecular flexibility index (Phi) is 22.2. The fourth-order valence-corrected chi connectivity index (χ4v) is 10.7. The van der Waals surface area contributed by atoms with E-state index in [1.54, 1.807) is 31.1 Å². The summed E-state index contributed by atoms with van der Waals surface area (Å²) >= 11 is 0. The number of carbonyl (C=O) groups excluding carboxylic acids is 3. The molecule has 3 amide bonds. The van der Waals surface area contributed by atoms with Gasteiger partial charge in [-0.2, -0.15) is 0 Å². The molecule has 5 unspecified atom stereocenters. The maximum Gasteiger partial charge on any atom is 0.248 e. The van der Waals surface area contributed by atoms with Crippen LogP contribution in [0.3, 0.4) is 0 Å². The molecule has 4 N–H and O–H groups in total. The number of fused-ring (bicyclic) bond motifs is 3. The van der Waals surface area contributed by atoms with Gasteiger partial charge in [0.25, 0.3) is 0 Å². The van der Waals surface area contributed by atoms with Crippen LogP contribution in [0.4, 0.5) is 0 Å². The second-order valence-electron chi connectivity index (χ2n) is 20.1. The lowest BCUT2D eigenvalue weighted by atomic mass is 9.76. The van der Waals surface area contributed by atoms with Crippen LogP contribution in [-0.2, 0) is 35.0 Å². The molecular formula is C60H81N5O9. The van der Waals surface area contributed by atoms with Gasteiger partial charge in [-0.15, -0.1) is 0 Å². The second-order valence-corrected chi connectivity index (χ2v) is 20.1. The van der Waals surface area contributed by atoms with Gasteiger partial charge in [-0.3, -0.25) is 19.3 Å². The van der Waals surface area contributed by atoms with E-state index in [1.807, 2.05) is 61.5 Å². The third-order valence-electron chi connectivity index (χ3n) is 15.0. The molecule has 14 nitrogen and oxygen atoms in total. The van der Waals surface area contributed by atoms with Crippen LogP contribution in [0.2, 0.25) is 0 Å². The highest BCUT2D eigenvalue weighted by molar-refractivity contribution is 5.98. The molecule has 14 heteroatoms. The van der Waals surface area contributed by atoms with Crippen molar-refractivity contribution >= 4 is 28.9 Å². The number of ether oxygens (including phenoxy) is 5. The Morgan fingerprint density at radius 1 is 0.716 bits per heavy atom. The number of rotatable bonds is 29. The van der Waals surface area contributed by atoms with E-state index < -0.39 is 6.04 Å². The van der Waals surface area contributed by atoms with Gasteiger partial charge in [0, 0.05) is 32.2 Å². The van der Waals surface area contributed by atoms with Gasteiger partial charge in [0.2, 0.25) is 17.7 Å². The Morgan fingerprint density at radius 3 is 1.99 bits per heavy atom. The largest absolute Gasteiger partial charge is 0.508 e. The number of nitrogens with zero attached hydrogens (tertiary/aromatic N) is 2. The van der Waals surface area contributed by atoms with Crippen molar-refractivity contribution in [2.24, 2.45) is 11.8 Å². The summed E-state index contributed by atoms with van der Waals surface area (Å²) in [7, 11) is 3.51. The summed E-state index contributed by atoms with van der Waals surface area (Å²) in [6.07, 6.45) is 10.4. The van der Waals surface area contributed by atoms with Gasteiger partial charge in [-0.05, 0) is 141 Å². The van der Waals surface area contributed by atoms with Crippen molar-refractivity contribution < 1.29 is 43.2 Å². The summed E-state index contributed by atoms with van der Waals surface area (Å²) in [4.78, 5) is 43.7. The van der Waals surface area contributed by atoms with Gasteiger partial charge in [0.1, 0.15) is 43.1 Å². The highest BCUT2D eigenvalue weighted by Gasteiger charge is 2.43. The summed E-state index contributed by atoms with van der Waals surface area (Å²) < 4.78 is 28.9. The lowest BCUT2D eigenvalue weighted by molar-refractivity contribution is -0.135. The molecule has 74 heavy (non-hydrogen) atoms. The Morgan fingerprint density at radius 2 is 1.34 bits per heavy atom. The average Bonchev–Trinajstić information content (AvgIpc) is 3.43. The zero-order chi connectivity index (χ0) is 52.1. The summed E-state index contributed by atoms with van der Waals surface area (Å²) in [6, 6.07) is 33.5. The summed E-state index contributed by atoms with van der Waals surface area (Å²) in [5.74, 6) is 2.22. The highest BCUT2D eigenvalue weighted by Crippen LogP contribution is 2.37. The number of carbonyl (C=O) groups is 3. The van der Waals surface area contributed by atoms with E-state index in [-0.39, 0.29) is 48.1 Å². The molecular weight excluding hydrogens is 935 g/mol. The third-order valence-corrected chi connectivity index (χ3v) is 15.0. The van der Waals surface area contributed by atoms with E-state index in [9.17, 15) is 19.5 Å². The van der Waals surface area contributed by atoms with E-state index >= 15 is 0 Å². The van der Waals surface area contributed by atoms with E-state index in [0.717, 1.165) is 92.5 Å². The molecule has 2 saturated carbocycles. The van der Waals surface area contributed by atoms with Crippen molar-refractivity contribution in [2.75, 3.05) is 86.6 Å². The molecule has 0 aromatic heterocycles. The minimum Gasteiger partial charge on any atom is -0.508 e. The highest BCUT2D eigenvalue weighted by atomic mass is 16.6. The number of nitrogens with one attached hydrogen (secondary N) is 3. The van der Waals surface area contributed by atoms with Crippen molar-refractivity contribution in [2.45, 2.75) is 102 Å². The van der Waals surface area contributed by atoms with Gasteiger partial charge in [0.05, 0.1) is 45.6 Å². The van der Waals surface area contributed by atoms with Crippen LogP contribution in [0.15, 0.2) is 103 Å².